The van der Waals surface area contributed by atoms with Gasteiger partial charge in [-0.1, -0.05) is 22.9 Å². The zero-order chi connectivity index (χ0) is 12.6. The summed E-state index contributed by atoms with van der Waals surface area (Å²) in [6.45, 7) is 2.03. The Morgan fingerprint density at radius 1 is 1.25 bits per heavy atom. The average Bonchev–Trinajstić information content (AvgIpc) is 2.14. The van der Waals surface area contributed by atoms with E-state index in [-0.39, 0.29) is 24.6 Å². The van der Waals surface area contributed by atoms with Gasteiger partial charge < -0.3 is 0 Å². The lowest BCUT2D eigenvalue weighted by atomic mass is 10.5. The third-order valence-electron chi connectivity index (χ3n) is 2.03. The van der Waals surface area contributed by atoms with Gasteiger partial charge in [-0.3, -0.25) is 4.90 Å². The predicted octanol–water partition coefficient (Wildman–Crippen LogP) is 1.77. The second kappa shape index (κ2) is 8.36. The van der Waals surface area contributed by atoms with Crippen molar-refractivity contribution in [2.45, 2.75) is 19.8 Å². The predicted molar refractivity (Wildman–Crippen MR) is 65.2 cm³/mol. The molecular weight excluding hydrogens is 304 g/mol. The first kappa shape index (κ1) is 16.2. The lowest BCUT2D eigenvalue weighted by Crippen LogP contribution is -2.35. The minimum absolute atomic E-state index is 0.0411. The minimum Gasteiger partial charge on any atom is -0.296 e. The summed E-state index contributed by atoms with van der Waals surface area (Å²) in [6.07, 6.45) is -1.86. The van der Waals surface area contributed by atoms with Crippen molar-refractivity contribution in [1.82, 2.24) is 4.90 Å². The van der Waals surface area contributed by atoms with Gasteiger partial charge in [0.1, 0.15) is 0 Å². The highest BCUT2D eigenvalue weighted by atomic mass is 79.9. The molecule has 0 aliphatic carbocycles. The van der Waals surface area contributed by atoms with E-state index in [0.717, 1.165) is 0 Å². The van der Waals surface area contributed by atoms with Crippen molar-refractivity contribution in [3.05, 3.63) is 0 Å². The lowest BCUT2D eigenvalue weighted by Gasteiger charge is -2.20. The molecule has 0 saturated heterocycles. The number of halogens is 3. The molecule has 0 aliphatic rings. The summed E-state index contributed by atoms with van der Waals surface area (Å²) in [5.41, 5.74) is 0. The maximum absolute atomic E-state index is 12.2. The summed E-state index contributed by atoms with van der Waals surface area (Å²) in [6, 6.07) is 0. The highest BCUT2D eigenvalue weighted by molar-refractivity contribution is 9.09. The Morgan fingerprint density at radius 3 is 2.31 bits per heavy atom. The van der Waals surface area contributed by atoms with Crippen molar-refractivity contribution in [1.29, 1.82) is 0 Å². The second-order valence-corrected chi connectivity index (χ2v) is 6.63. The normalized spacial score (nSPS) is 12.6. The molecule has 0 bridgehead atoms. The Morgan fingerprint density at radius 2 is 1.88 bits per heavy atom. The molecule has 7 heteroatoms. The van der Waals surface area contributed by atoms with Crippen LogP contribution in [0.5, 0.6) is 0 Å². The molecule has 0 aromatic rings. The zero-order valence-electron chi connectivity index (χ0n) is 9.33. The molecule has 0 aromatic heterocycles. The largest absolute Gasteiger partial charge is 0.296 e. The van der Waals surface area contributed by atoms with Crippen LogP contribution in [-0.4, -0.2) is 56.2 Å². The van der Waals surface area contributed by atoms with E-state index in [1.165, 1.54) is 4.90 Å². The Balaban J connectivity index is 4.10. The van der Waals surface area contributed by atoms with Crippen molar-refractivity contribution in [2.75, 3.05) is 36.5 Å². The van der Waals surface area contributed by atoms with Crippen molar-refractivity contribution in [3.8, 4) is 0 Å². The van der Waals surface area contributed by atoms with E-state index in [2.05, 4.69) is 15.9 Å². The average molecular weight is 322 g/mol. The van der Waals surface area contributed by atoms with Crippen LogP contribution in [0.25, 0.3) is 0 Å². The molecule has 0 unspecified atom stereocenters. The Bertz CT molecular complexity index is 273. The molecule has 3 nitrogen and oxygen atoms in total. The van der Waals surface area contributed by atoms with Gasteiger partial charge in [-0.25, -0.2) is 17.2 Å². The van der Waals surface area contributed by atoms with E-state index in [9.17, 15) is 17.2 Å². The zero-order valence-corrected chi connectivity index (χ0v) is 11.7. The molecule has 0 radical (unpaired) electrons. The summed E-state index contributed by atoms with van der Waals surface area (Å²) in [5, 5.41) is 0.563. The van der Waals surface area contributed by atoms with Crippen LogP contribution in [0.1, 0.15) is 13.3 Å². The smallest absolute Gasteiger partial charge is 0.251 e. The van der Waals surface area contributed by atoms with E-state index in [1.807, 2.05) is 0 Å². The van der Waals surface area contributed by atoms with E-state index in [0.29, 0.717) is 18.3 Å². The van der Waals surface area contributed by atoms with E-state index in [4.69, 9.17) is 0 Å². The lowest BCUT2D eigenvalue weighted by molar-refractivity contribution is 0.0943. The summed E-state index contributed by atoms with van der Waals surface area (Å²) >= 11 is 3.16. The minimum atomic E-state index is -3.08. The summed E-state index contributed by atoms with van der Waals surface area (Å²) in [7, 11) is -3.08. The number of hydrogen-bond donors (Lipinski definition) is 0. The molecule has 0 heterocycles. The molecule has 16 heavy (non-hydrogen) atoms. The first-order valence-electron chi connectivity index (χ1n) is 5.18. The molecule has 0 fully saturated rings. The van der Waals surface area contributed by atoms with E-state index >= 15 is 0 Å². The van der Waals surface area contributed by atoms with Gasteiger partial charge in [0.15, 0.2) is 9.84 Å². The van der Waals surface area contributed by atoms with Gasteiger partial charge in [-0.2, -0.15) is 0 Å². The molecular formula is C9H18BrF2NO2S. The van der Waals surface area contributed by atoms with Gasteiger partial charge in [-0.05, 0) is 6.42 Å². The number of hydrogen-bond acceptors (Lipinski definition) is 3. The highest BCUT2D eigenvalue weighted by Gasteiger charge is 2.15. The third kappa shape index (κ3) is 8.41. The topological polar surface area (TPSA) is 37.4 Å². The molecule has 98 valence electrons. The molecule has 0 aromatic carbocycles. The van der Waals surface area contributed by atoms with Crippen molar-refractivity contribution in [2.24, 2.45) is 0 Å². The summed E-state index contributed by atoms with van der Waals surface area (Å²) in [4.78, 5) is 1.46. The van der Waals surface area contributed by atoms with Crippen LogP contribution < -0.4 is 0 Å². The van der Waals surface area contributed by atoms with Gasteiger partial charge in [-0.15, -0.1) is 0 Å². The SMILES string of the molecule is CCCS(=O)(=O)CCN(CCBr)CC(F)F. The first-order chi connectivity index (χ1) is 7.41. The third-order valence-corrected chi connectivity index (χ3v) is 4.22. The fourth-order valence-corrected chi connectivity index (χ4v) is 3.15. The van der Waals surface area contributed by atoms with Crippen LogP contribution in [0.2, 0.25) is 0 Å². The highest BCUT2D eigenvalue weighted by Crippen LogP contribution is 2.02. The number of alkyl halides is 3. The standard InChI is InChI=1S/C9H18BrF2NO2S/c1-2-6-16(14,15)7-5-13(4-3-10)8-9(11)12/h9H,2-8H2,1H3. The molecule has 0 amide bonds. The Labute approximate surface area is 104 Å². The van der Waals surface area contributed by atoms with Gasteiger partial charge in [0.2, 0.25) is 0 Å². The number of sulfone groups is 1. The molecule has 0 spiro atoms. The quantitative estimate of drug-likeness (QED) is 0.607. The fraction of sp³-hybridized carbons (Fsp3) is 1.00. The number of rotatable bonds is 9. The van der Waals surface area contributed by atoms with Crippen molar-refractivity contribution in [3.63, 3.8) is 0 Å². The van der Waals surface area contributed by atoms with Crippen LogP contribution in [0.15, 0.2) is 0 Å². The van der Waals surface area contributed by atoms with Crippen LogP contribution in [0.4, 0.5) is 8.78 Å². The van der Waals surface area contributed by atoms with Crippen LogP contribution in [-0.2, 0) is 9.84 Å². The molecule has 0 rings (SSSR count). The summed E-state index contributed by atoms with van der Waals surface area (Å²) in [5.74, 6) is 0.0877. The maximum Gasteiger partial charge on any atom is 0.251 e. The van der Waals surface area contributed by atoms with Crippen LogP contribution in [0, 0.1) is 0 Å². The van der Waals surface area contributed by atoms with E-state index in [1.54, 1.807) is 6.92 Å². The molecule has 0 aliphatic heterocycles. The van der Waals surface area contributed by atoms with Crippen LogP contribution >= 0.6 is 15.9 Å². The van der Waals surface area contributed by atoms with Gasteiger partial charge in [0, 0.05) is 24.2 Å². The maximum atomic E-state index is 12.2. The summed E-state index contributed by atoms with van der Waals surface area (Å²) < 4.78 is 47.1. The van der Waals surface area contributed by atoms with Crippen LogP contribution in [0.3, 0.4) is 0 Å². The Kier molecular flexibility index (Phi) is 8.49. The molecule has 0 saturated carbocycles. The number of nitrogens with zero attached hydrogens (tertiary/aromatic N) is 1. The molecule has 0 atom stereocenters. The van der Waals surface area contributed by atoms with Crippen molar-refractivity contribution >= 4 is 25.8 Å². The first-order valence-corrected chi connectivity index (χ1v) is 8.12. The molecule has 0 N–H and O–H groups in total. The van der Waals surface area contributed by atoms with Gasteiger partial charge >= 0.3 is 0 Å². The van der Waals surface area contributed by atoms with Gasteiger partial charge in [0.25, 0.3) is 6.43 Å². The Hall–Kier alpha value is 0.250. The second-order valence-electron chi connectivity index (χ2n) is 3.53. The monoisotopic (exact) mass is 321 g/mol. The fourth-order valence-electron chi connectivity index (χ4n) is 1.29. The van der Waals surface area contributed by atoms with Gasteiger partial charge in [0.05, 0.1) is 12.3 Å². The van der Waals surface area contributed by atoms with E-state index < -0.39 is 16.3 Å². The van der Waals surface area contributed by atoms with Crippen molar-refractivity contribution < 1.29 is 17.2 Å².